The van der Waals surface area contributed by atoms with E-state index in [4.69, 9.17) is 4.74 Å². The summed E-state index contributed by atoms with van der Waals surface area (Å²) in [6.45, 7) is 0. The van der Waals surface area contributed by atoms with Crippen LogP contribution in [0, 0.1) is 0 Å². The molecule has 0 radical (unpaired) electrons. The third kappa shape index (κ3) is 1.99. The van der Waals surface area contributed by atoms with E-state index < -0.39 is 0 Å². The van der Waals surface area contributed by atoms with Gasteiger partial charge in [0.1, 0.15) is 0 Å². The molecule has 0 saturated heterocycles. The van der Waals surface area contributed by atoms with Gasteiger partial charge in [-0.3, -0.25) is 4.79 Å². The van der Waals surface area contributed by atoms with E-state index in [-0.39, 0.29) is 11.3 Å². The number of hydrogen-bond acceptors (Lipinski definition) is 2. The van der Waals surface area contributed by atoms with Crippen molar-refractivity contribution < 1.29 is 4.74 Å². The molecule has 0 aliphatic heterocycles. The molecule has 76 valence electrons. The molecule has 1 aliphatic carbocycles. The van der Waals surface area contributed by atoms with Crippen LogP contribution in [0.4, 0.5) is 0 Å². The molecule has 0 N–H and O–H groups in total. The second-order valence-corrected chi connectivity index (χ2v) is 3.39. The van der Waals surface area contributed by atoms with Crippen LogP contribution in [0.1, 0.15) is 11.5 Å². The average molecular weight is 200 g/mol. The first-order valence-corrected chi connectivity index (χ1v) is 4.84. The van der Waals surface area contributed by atoms with Crippen molar-refractivity contribution in [2.75, 3.05) is 7.11 Å². The number of hydrogen-bond donors (Lipinski definition) is 0. The van der Waals surface area contributed by atoms with E-state index in [0.29, 0.717) is 5.75 Å². The fourth-order valence-corrected chi connectivity index (χ4v) is 1.61. The van der Waals surface area contributed by atoms with Gasteiger partial charge in [-0.25, -0.2) is 0 Å². The fourth-order valence-electron chi connectivity index (χ4n) is 1.61. The Bertz CT molecular complexity index is 460. The Labute approximate surface area is 88.5 Å². The summed E-state index contributed by atoms with van der Waals surface area (Å²) >= 11 is 0. The Morgan fingerprint density at radius 2 is 1.73 bits per heavy atom. The summed E-state index contributed by atoms with van der Waals surface area (Å²) in [5.41, 5.74) is 1.01. The molecule has 0 unspecified atom stereocenters. The molecular formula is C13H12O2. The van der Waals surface area contributed by atoms with Gasteiger partial charge >= 0.3 is 0 Å². The normalized spacial score (nSPS) is 14.5. The van der Waals surface area contributed by atoms with E-state index in [1.165, 1.54) is 7.11 Å². The molecule has 0 saturated carbocycles. The molecule has 1 aromatic carbocycles. The summed E-state index contributed by atoms with van der Waals surface area (Å²) in [5, 5.41) is 0. The molecule has 1 aliphatic rings. The Hall–Kier alpha value is -1.83. The summed E-state index contributed by atoms with van der Waals surface area (Å²) in [6, 6.07) is 7.03. The highest BCUT2D eigenvalue weighted by atomic mass is 16.5. The zero-order valence-corrected chi connectivity index (χ0v) is 8.51. The van der Waals surface area contributed by atoms with Crippen molar-refractivity contribution >= 4 is 0 Å². The number of rotatable bonds is 2. The van der Waals surface area contributed by atoms with Gasteiger partial charge in [-0.05, 0) is 17.7 Å². The number of ether oxygens (including phenoxy) is 1. The summed E-state index contributed by atoms with van der Waals surface area (Å²) in [5.74, 6) is 0.661. The van der Waals surface area contributed by atoms with Crippen LogP contribution < -0.4 is 10.2 Å². The standard InChI is InChI=1S/C13H12O2/c1-15-13-9-7-11(6-8-12(13)14)10-4-2-3-5-10/h2-10H,1H3. The van der Waals surface area contributed by atoms with Crippen molar-refractivity contribution in [2.45, 2.75) is 5.92 Å². The second kappa shape index (κ2) is 4.13. The molecule has 2 heteroatoms. The van der Waals surface area contributed by atoms with Gasteiger partial charge in [0.25, 0.3) is 0 Å². The molecule has 0 bridgehead atoms. The highest BCUT2D eigenvalue weighted by molar-refractivity contribution is 5.36. The van der Waals surface area contributed by atoms with Gasteiger partial charge in [0, 0.05) is 5.92 Å². The smallest absolute Gasteiger partial charge is 0.220 e. The molecule has 2 nitrogen and oxygen atoms in total. The quantitative estimate of drug-likeness (QED) is 0.732. The summed E-state index contributed by atoms with van der Waals surface area (Å²) in [4.78, 5) is 11.5. The Morgan fingerprint density at radius 3 is 2.40 bits per heavy atom. The van der Waals surface area contributed by atoms with Crippen molar-refractivity contribution in [3.63, 3.8) is 0 Å². The molecule has 0 heterocycles. The lowest BCUT2D eigenvalue weighted by Crippen LogP contribution is -1.99. The van der Waals surface area contributed by atoms with Gasteiger partial charge < -0.3 is 4.74 Å². The summed E-state index contributed by atoms with van der Waals surface area (Å²) in [6.07, 6.45) is 8.19. The molecule has 0 amide bonds. The Kier molecular flexibility index (Phi) is 2.68. The van der Waals surface area contributed by atoms with Crippen LogP contribution in [0.25, 0.3) is 0 Å². The minimum absolute atomic E-state index is 0.0882. The average Bonchev–Trinajstić information content (AvgIpc) is 2.70. The second-order valence-electron chi connectivity index (χ2n) is 3.39. The van der Waals surface area contributed by atoms with E-state index in [0.717, 1.165) is 5.56 Å². The van der Waals surface area contributed by atoms with Gasteiger partial charge in [-0.1, -0.05) is 36.4 Å². The summed E-state index contributed by atoms with van der Waals surface area (Å²) in [7, 11) is 1.51. The van der Waals surface area contributed by atoms with Crippen molar-refractivity contribution in [1.82, 2.24) is 0 Å². The van der Waals surface area contributed by atoms with Crippen LogP contribution in [0.3, 0.4) is 0 Å². The van der Waals surface area contributed by atoms with E-state index in [9.17, 15) is 4.79 Å². The number of allylic oxidation sites excluding steroid dienone is 4. The molecule has 0 spiro atoms. The van der Waals surface area contributed by atoms with Gasteiger partial charge in [0.2, 0.25) is 5.43 Å². The maximum Gasteiger partial charge on any atom is 0.220 e. The maximum atomic E-state index is 11.5. The monoisotopic (exact) mass is 200 g/mol. The third-order valence-electron chi connectivity index (χ3n) is 2.45. The fraction of sp³-hybridized carbons (Fsp3) is 0.154. The van der Waals surface area contributed by atoms with Crippen molar-refractivity contribution in [3.05, 3.63) is 64.4 Å². The van der Waals surface area contributed by atoms with Crippen LogP contribution in [0.2, 0.25) is 0 Å². The molecule has 1 aromatic rings. The first-order chi connectivity index (χ1) is 7.31. The first kappa shape index (κ1) is 9.71. The first-order valence-electron chi connectivity index (χ1n) is 4.84. The maximum absolute atomic E-state index is 11.5. The van der Waals surface area contributed by atoms with E-state index in [1.54, 1.807) is 12.1 Å². The van der Waals surface area contributed by atoms with E-state index in [1.807, 2.05) is 24.3 Å². The molecule has 15 heavy (non-hydrogen) atoms. The van der Waals surface area contributed by atoms with Crippen molar-refractivity contribution in [2.24, 2.45) is 0 Å². The molecule has 0 aromatic heterocycles. The van der Waals surface area contributed by atoms with Crippen molar-refractivity contribution in [3.8, 4) is 5.75 Å². The van der Waals surface area contributed by atoms with Crippen LogP contribution in [0.15, 0.2) is 53.4 Å². The summed E-state index contributed by atoms with van der Waals surface area (Å²) < 4.78 is 4.97. The third-order valence-corrected chi connectivity index (χ3v) is 2.45. The van der Waals surface area contributed by atoms with Gasteiger partial charge in [0.05, 0.1) is 7.11 Å². The molecule has 2 rings (SSSR count). The molecule has 0 atom stereocenters. The van der Waals surface area contributed by atoms with Crippen LogP contribution in [-0.2, 0) is 0 Å². The predicted molar refractivity (Wildman–Crippen MR) is 60.3 cm³/mol. The SMILES string of the molecule is COc1ccc(C2C=CC=C2)ccc1=O. The lowest BCUT2D eigenvalue weighted by molar-refractivity contribution is 0.411. The van der Waals surface area contributed by atoms with E-state index >= 15 is 0 Å². The Morgan fingerprint density at radius 1 is 1.07 bits per heavy atom. The lowest BCUT2D eigenvalue weighted by Gasteiger charge is -2.01. The van der Waals surface area contributed by atoms with Crippen LogP contribution in [-0.4, -0.2) is 7.11 Å². The minimum atomic E-state index is -0.0882. The largest absolute Gasteiger partial charge is 0.493 e. The predicted octanol–water partition coefficient (Wildman–Crippen LogP) is 2.26. The van der Waals surface area contributed by atoms with Crippen LogP contribution in [0.5, 0.6) is 5.75 Å². The zero-order chi connectivity index (χ0) is 10.7. The van der Waals surface area contributed by atoms with Gasteiger partial charge in [-0.2, -0.15) is 0 Å². The Balaban J connectivity index is 2.44. The van der Waals surface area contributed by atoms with Gasteiger partial charge in [0.15, 0.2) is 5.75 Å². The molecular weight excluding hydrogens is 188 g/mol. The molecule has 0 fully saturated rings. The van der Waals surface area contributed by atoms with Crippen LogP contribution >= 0.6 is 0 Å². The van der Waals surface area contributed by atoms with E-state index in [2.05, 4.69) is 12.2 Å². The van der Waals surface area contributed by atoms with Crippen molar-refractivity contribution in [1.29, 1.82) is 0 Å². The topological polar surface area (TPSA) is 26.3 Å². The highest BCUT2D eigenvalue weighted by Gasteiger charge is 2.06. The zero-order valence-electron chi connectivity index (χ0n) is 8.51. The highest BCUT2D eigenvalue weighted by Crippen LogP contribution is 2.22. The minimum Gasteiger partial charge on any atom is -0.493 e. The number of methoxy groups -OCH3 is 1. The van der Waals surface area contributed by atoms with Gasteiger partial charge in [-0.15, -0.1) is 0 Å². The lowest BCUT2D eigenvalue weighted by atomic mass is 10.0.